The van der Waals surface area contributed by atoms with Crippen molar-refractivity contribution in [3.8, 4) is 0 Å². The van der Waals surface area contributed by atoms with Gasteiger partial charge in [-0.15, -0.1) is 0 Å². The van der Waals surface area contributed by atoms with E-state index < -0.39 is 0 Å². The van der Waals surface area contributed by atoms with Crippen molar-refractivity contribution in [3.63, 3.8) is 0 Å². The predicted molar refractivity (Wildman–Crippen MR) is 46.1 cm³/mol. The molecule has 1 nitrogen and oxygen atoms in total. The van der Waals surface area contributed by atoms with Crippen LogP contribution in [0.3, 0.4) is 0 Å². The predicted octanol–water partition coefficient (Wildman–Crippen LogP) is 1.96. The van der Waals surface area contributed by atoms with E-state index in [0.717, 1.165) is 6.54 Å². The summed E-state index contributed by atoms with van der Waals surface area (Å²) in [6.07, 6.45) is 0. The Morgan fingerprint density at radius 1 is 1.50 bits per heavy atom. The summed E-state index contributed by atoms with van der Waals surface area (Å²) >= 11 is 0. The standard InChI is InChI=1S/C9H13N.H2/c1-8-4-3-5-9(6-8)7-10-2;/h3-6,10H,7H2,1-2H3;1H. The first kappa shape index (κ1) is 7.29. The molecule has 1 N–H and O–H groups in total. The highest BCUT2D eigenvalue weighted by Crippen LogP contribution is 2.02. The van der Waals surface area contributed by atoms with Crippen LogP contribution in [0.5, 0.6) is 0 Å². The fraction of sp³-hybridized carbons (Fsp3) is 0.333. The third-order valence-corrected chi connectivity index (χ3v) is 1.46. The Labute approximate surface area is 63.6 Å². The average molecular weight is 137 g/mol. The lowest BCUT2D eigenvalue weighted by molar-refractivity contribution is 0.817. The molecule has 0 aliphatic rings. The van der Waals surface area contributed by atoms with Gasteiger partial charge in [-0.3, -0.25) is 0 Å². The van der Waals surface area contributed by atoms with E-state index in [9.17, 15) is 0 Å². The van der Waals surface area contributed by atoms with Crippen molar-refractivity contribution in [2.24, 2.45) is 0 Å². The van der Waals surface area contributed by atoms with E-state index in [2.05, 4.69) is 36.5 Å². The number of hydrogen-bond acceptors (Lipinski definition) is 1. The summed E-state index contributed by atoms with van der Waals surface area (Å²) in [5.74, 6) is 0. The minimum atomic E-state index is 0. The van der Waals surface area contributed by atoms with Gasteiger partial charge in [0.2, 0.25) is 0 Å². The largest absolute Gasteiger partial charge is 0.316 e. The van der Waals surface area contributed by atoms with Crippen molar-refractivity contribution in [2.45, 2.75) is 13.5 Å². The first-order chi connectivity index (χ1) is 4.83. The van der Waals surface area contributed by atoms with E-state index in [1.807, 2.05) is 7.05 Å². The molecule has 10 heavy (non-hydrogen) atoms. The van der Waals surface area contributed by atoms with Crippen LogP contribution in [0.1, 0.15) is 12.6 Å². The molecule has 0 aliphatic heterocycles. The van der Waals surface area contributed by atoms with Gasteiger partial charge in [-0.2, -0.15) is 0 Å². The molecule has 0 fully saturated rings. The molecule has 1 rings (SSSR count). The SMILES string of the molecule is CNCc1cccc(C)c1.[HH]. The number of hydrogen-bond donors (Lipinski definition) is 1. The zero-order valence-corrected chi connectivity index (χ0v) is 6.52. The normalized spacial score (nSPS) is 9.80. The zero-order valence-electron chi connectivity index (χ0n) is 6.52. The molecule has 0 radical (unpaired) electrons. The summed E-state index contributed by atoms with van der Waals surface area (Å²) < 4.78 is 0. The molecule has 0 spiro atoms. The van der Waals surface area contributed by atoms with E-state index >= 15 is 0 Å². The quantitative estimate of drug-likeness (QED) is 0.657. The minimum absolute atomic E-state index is 0. The summed E-state index contributed by atoms with van der Waals surface area (Å²) in [5.41, 5.74) is 2.68. The van der Waals surface area contributed by atoms with E-state index in [-0.39, 0.29) is 1.43 Å². The molecule has 0 bridgehead atoms. The van der Waals surface area contributed by atoms with Gasteiger partial charge >= 0.3 is 0 Å². The fourth-order valence-electron chi connectivity index (χ4n) is 1.03. The second-order valence-electron chi connectivity index (χ2n) is 2.52. The van der Waals surface area contributed by atoms with Crippen LogP contribution < -0.4 is 5.32 Å². The Balaban J connectivity index is 0.000001000. The molecule has 0 heterocycles. The van der Waals surface area contributed by atoms with E-state index in [4.69, 9.17) is 0 Å². The molecule has 0 aliphatic carbocycles. The van der Waals surface area contributed by atoms with Gasteiger partial charge in [0, 0.05) is 7.97 Å². The second kappa shape index (κ2) is 3.37. The highest BCUT2D eigenvalue weighted by atomic mass is 14.8. The van der Waals surface area contributed by atoms with Gasteiger partial charge in [-0.1, -0.05) is 29.8 Å². The van der Waals surface area contributed by atoms with Crippen molar-refractivity contribution in [1.82, 2.24) is 5.32 Å². The van der Waals surface area contributed by atoms with Crippen molar-refractivity contribution < 1.29 is 1.43 Å². The Bertz CT molecular complexity index is 210. The lowest BCUT2D eigenvalue weighted by Gasteiger charge is -1.99. The molecule has 56 valence electrons. The maximum atomic E-state index is 3.11. The van der Waals surface area contributed by atoms with Crippen LogP contribution in [0.25, 0.3) is 0 Å². The van der Waals surface area contributed by atoms with Gasteiger partial charge in [-0.25, -0.2) is 0 Å². The minimum Gasteiger partial charge on any atom is -0.316 e. The van der Waals surface area contributed by atoms with Gasteiger partial charge in [0.1, 0.15) is 0 Å². The number of rotatable bonds is 2. The van der Waals surface area contributed by atoms with Crippen LogP contribution in [-0.4, -0.2) is 7.05 Å². The van der Waals surface area contributed by atoms with Gasteiger partial charge in [0.15, 0.2) is 0 Å². The Morgan fingerprint density at radius 2 is 2.30 bits per heavy atom. The van der Waals surface area contributed by atoms with Crippen molar-refractivity contribution in [1.29, 1.82) is 0 Å². The highest BCUT2D eigenvalue weighted by molar-refractivity contribution is 5.21. The van der Waals surface area contributed by atoms with E-state index in [0.29, 0.717) is 0 Å². The maximum absolute atomic E-state index is 3.11. The van der Waals surface area contributed by atoms with Crippen molar-refractivity contribution >= 4 is 0 Å². The van der Waals surface area contributed by atoms with E-state index in [1.165, 1.54) is 11.1 Å². The third-order valence-electron chi connectivity index (χ3n) is 1.46. The first-order valence-corrected chi connectivity index (χ1v) is 3.53. The monoisotopic (exact) mass is 137 g/mol. The molecule has 1 aromatic carbocycles. The molecule has 0 saturated heterocycles. The van der Waals surface area contributed by atoms with E-state index in [1.54, 1.807) is 0 Å². The van der Waals surface area contributed by atoms with Crippen LogP contribution in [-0.2, 0) is 6.54 Å². The van der Waals surface area contributed by atoms with Crippen LogP contribution >= 0.6 is 0 Å². The smallest absolute Gasteiger partial charge is 0.0202 e. The molecule has 0 atom stereocenters. The molecule has 1 aromatic rings. The summed E-state index contributed by atoms with van der Waals surface area (Å²) in [6, 6.07) is 8.52. The van der Waals surface area contributed by atoms with Crippen LogP contribution in [0.2, 0.25) is 0 Å². The first-order valence-electron chi connectivity index (χ1n) is 3.53. The number of nitrogens with one attached hydrogen (secondary N) is 1. The molecule has 1 heteroatoms. The number of benzene rings is 1. The molecule has 0 unspecified atom stereocenters. The van der Waals surface area contributed by atoms with Gasteiger partial charge in [0.05, 0.1) is 0 Å². The zero-order chi connectivity index (χ0) is 7.40. The van der Waals surface area contributed by atoms with Crippen LogP contribution in [0, 0.1) is 6.92 Å². The van der Waals surface area contributed by atoms with Crippen LogP contribution in [0.4, 0.5) is 0 Å². The van der Waals surface area contributed by atoms with Crippen molar-refractivity contribution in [3.05, 3.63) is 35.4 Å². The second-order valence-corrected chi connectivity index (χ2v) is 2.52. The third kappa shape index (κ3) is 1.85. The van der Waals surface area contributed by atoms with Crippen molar-refractivity contribution in [2.75, 3.05) is 7.05 Å². The molecular formula is C9H15N. The summed E-state index contributed by atoms with van der Waals surface area (Å²) in [6.45, 7) is 3.07. The fourth-order valence-corrected chi connectivity index (χ4v) is 1.03. The van der Waals surface area contributed by atoms with Crippen LogP contribution in [0.15, 0.2) is 24.3 Å². The molecule has 0 amide bonds. The Kier molecular flexibility index (Phi) is 2.46. The Morgan fingerprint density at radius 3 is 2.90 bits per heavy atom. The summed E-state index contributed by atoms with van der Waals surface area (Å²) in [5, 5.41) is 3.11. The Hall–Kier alpha value is -0.820. The molecule has 0 aromatic heterocycles. The summed E-state index contributed by atoms with van der Waals surface area (Å²) in [7, 11) is 1.96. The summed E-state index contributed by atoms with van der Waals surface area (Å²) in [4.78, 5) is 0. The topological polar surface area (TPSA) is 12.0 Å². The molecule has 0 saturated carbocycles. The highest BCUT2D eigenvalue weighted by Gasteiger charge is 1.88. The lowest BCUT2D eigenvalue weighted by atomic mass is 10.1. The molecular weight excluding hydrogens is 122 g/mol. The number of aryl methyl sites for hydroxylation is 1. The van der Waals surface area contributed by atoms with Gasteiger partial charge in [-0.05, 0) is 19.5 Å². The lowest BCUT2D eigenvalue weighted by Crippen LogP contribution is -2.04. The van der Waals surface area contributed by atoms with Gasteiger partial charge < -0.3 is 5.32 Å². The van der Waals surface area contributed by atoms with Gasteiger partial charge in [0.25, 0.3) is 0 Å². The average Bonchev–Trinajstić information content (AvgIpc) is 1.88. The maximum Gasteiger partial charge on any atom is 0.0202 e.